The SMILES string of the molecule is CC(C)CC(=O)Cc1nc(-c2ccc(Cl)cc2)no1. The standard InChI is InChI=1S/C14H15ClN2O2/c1-9(2)7-12(18)8-13-16-14(17-19-13)10-3-5-11(15)6-4-10/h3-6,9H,7-8H2,1-2H3. The van der Waals surface area contributed by atoms with Crippen molar-refractivity contribution in [3.05, 3.63) is 35.2 Å². The van der Waals surface area contributed by atoms with Gasteiger partial charge < -0.3 is 4.52 Å². The van der Waals surface area contributed by atoms with Crippen LogP contribution in [-0.2, 0) is 11.2 Å². The van der Waals surface area contributed by atoms with Gasteiger partial charge in [-0.1, -0.05) is 30.6 Å². The van der Waals surface area contributed by atoms with E-state index in [4.69, 9.17) is 16.1 Å². The molecule has 0 aliphatic carbocycles. The lowest BCUT2D eigenvalue weighted by molar-refractivity contribution is -0.119. The van der Waals surface area contributed by atoms with E-state index in [2.05, 4.69) is 10.1 Å². The monoisotopic (exact) mass is 278 g/mol. The van der Waals surface area contributed by atoms with Crippen molar-refractivity contribution in [2.75, 3.05) is 0 Å². The Morgan fingerprint density at radius 1 is 1.32 bits per heavy atom. The first-order valence-electron chi connectivity index (χ1n) is 6.15. The fraction of sp³-hybridized carbons (Fsp3) is 0.357. The molecule has 5 heteroatoms. The van der Waals surface area contributed by atoms with Gasteiger partial charge in [-0.05, 0) is 30.2 Å². The molecule has 100 valence electrons. The Labute approximate surface area is 116 Å². The average Bonchev–Trinajstić information content (AvgIpc) is 2.77. The van der Waals surface area contributed by atoms with Crippen molar-refractivity contribution in [3.63, 3.8) is 0 Å². The van der Waals surface area contributed by atoms with Gasteiger partial charge in [0.25, 0.3) is 0 Å². The van der Waals surface area contributed by atoms with Gasteiger partial charge in [0.15, 0.2) is 0 Å². The summed E-state index contributed by atoms with van der Waals surface area (Å²) in [6, 6.07) is 7.15. The van der Waals surface area contributed by atoms with Gasteiger partial charge in [0, 0.05) is 17.0 Å². The predicted octanol–water partition coefficient (Wildman–Crippen LogP) is 3.55. The molecule has 2 aromatic rings. The summed E-state index contributed by atoms with van der Waals surface area (Å²) in [6.45, 7) is 4.01. The third-order valence-corrected chi connectivity index (χ3v) is 2.81. The van der Waals surface area contributed by atoms with E-state index in [9.17, 15) is 4.79 Å². The molecule has 1 aromatic heterocycles. The van der Waals surface area contributed by atoms with Crippen molar-refractivity contribution in [1.82, 2.24) is 10.1 Å². The van der Waals surface area contributed by atoms with Crippen molar-refractivity contribution in [3.8, 4) is 11.4 Å². The van der Waals surface area contributed by atoms with E-state index in [1.54, 1.807) is 12.1 Å². The third kappa shape index (κ3) is 3.89. The van der Waals surface area contributed by atoms with E-state index in [1.807, 2.05) is 26.0 Å². The first-order chi connectivity index (χ1) is 9.04. The largest absolute Gasteiger partial charge is 0.339 e. The summed E-state index contributed by atoms with van der Waals surface area (Å²) in [5.74, 6) is 1.28. The molecule has 0 atom stereocenters. The number of rotatable bonds is 5. The highest BCUT2D eigenvalue weighted by Crippen LogP contribution is 2.19. The lowest BCUT2D eigenvalue weighted by Gasteiger charge is -2.00. The molecule has 0 bridgehead atoms. The van der Waals surface area contributed by atoms with Gasteiger partial charge in [0.2, 0.25) is 11.7 Å². The Morgan fingerprint density at radius 3 is 2.63 bits per heavy atom. The van der Waals surface area contributed by atoms with E-state index < -0.39 is 0 Å². The van der Waals surface area contributed by atoms with Gasteiger partial charge in [-0.3, -0.25) is 4.79 Å². The molecule has 0 saturated carbocycles. The molecule has 0 saturated heterocycles. The number of ketones is 1. The number of benzene rings is 1. The lowest BCUT2D eigenvalue weighted by Crippen LogP contribution is -2.06. The summed E-state index contributed by atoms with van der Waals surface area (Å²) >= 11 is 5.81. The van der Waals surface area contributed by atoms with Crippen LogP contribution in [0.5, 0.6) is 0 Å². The fourth-order valence-corrected chi connectivity index (χ4v) is 1.87. The number of nitrogens with zero attached hydrogens (tertiary/aromatic N) is 2. The number of carbonyl (C=O) groups is 1. The highest BCUT2D eigenvalue weighted by atomic mass is 35.5. The van der Waals surface area contributed by atoms with Crippen LogP contribution in [-0.4, -0.2) is 15.9 Å². The second-order valence-electron chi connectivity index (χ2n) is 4.83. The van der Waals surface area contributed by atoms with E-state index >= 15 is 0 Å². The smallest absolute Gasteiger partial charge is 0.234 e. The zero-order valence-electron chi connectivity index (χ0n) is 10.9. The first kappa shape index (κ1) is 13.7. The Morgan fingerprint density at radius 2 is 2.00 bits per heavy atom. The van der Waals surface area contributed by atoms with Gasteiger partial charge in [-0.25, -0.2) is 0 Å². The number of carbonyl (C=O) groups excluding carboxylic acids is 1. The van der Waals surface area contributed by atoms with Crippen LogP contribution in [0.25, 0.3) is 11.4 Å². The maximum Gasteiger partial charge on any atom is 0.234 e. The minimum Gasteiger partial charge on any atom is -0.339 e. The van der Waals surface area contributed by atoms with Crippen molar-refractivity contribution >= 4 is 17.4 Å². The van der Waals surface area contributed by atoms with Gasteiger partial charge in [0.1, 0.15) is 5.78 Å². The minimum absolute atomic E-state index is 0.112. The van der Waals surface area contributed by atoms with Gasteiger partial charge in [-0.2, -0.15) is 4.98 Å². The Hall–Kier alpha value is -1.68. The van der Waals surface area contributed by atoms with Crippen LogP contribution in [0.4, 0.5) is 0 Å². The van der Waals surface area contributed by atoms with E-state index in [0.29, 0.717) is 29.1 Å². The number of halogens is 1. The molecule has 0 spiro atoms. The van der Waals surface area contributed by atoms with Crippen LogP contribution in [0.3, 0.4) is 0 Å². The quantitative estimate of drug-likeness (QED) is 0.839. The number of hydrogen-bond donors (Lipinski definition) is 0. The van der Waals surface area contributed by atoms with Crippen molar-refractivity contribution in [2.45, 2.75) is 26.7 Å². The number of hydrogen-bond acceptors (Lipinski definition) is 4. The molecule has 2 rings (SSSR count). The average molecular weight is 279 g/mol. The molecule has 1 heterocycles. The van der Waals surface area contributed by atoms with Crippen LogP contribution in [0.15, 0.2) is 28.8 Å². The van der Waals surface area contributed by atoms with Gasteiger partial charge >= 0.3 is 0 Å². The molecule has 0 N–H and O–H groups in total. The summed E-state index contributed by atoms with van der Waals surface area (Å²) < 4.78 is 5.09. The molecule has 0 radical (unpaired) electrons. The second kappa shape index (κ2) is 5.97. The Kier molecular flexibility index (Phi) is 4.32. The molecule has 19 heavy (non-hydrogen) atoms. The third-order valence-electron chi connectivity index (χ3n) is 2.55. The first-order valence-corrected chi connectivity index (χ1v) is 6.52. The highest BCUT2D eigenvalue weighted by Gasteiger charge is 2.13. The Bertz CT molecular complexity index is 561. The maximum absolute atomic E-state index is 11.7. The number of aromatic nitrogens is 2. The van der Waals surface area contributed by atoms with Crippen LogP contribution in [0.2, 0.25) is 5.02 Å². The van der Waals surface area contributed by atoms with Crippen LogP contribution in [0, 0.1) is 5.92 Å². The zero-order chi connectivity index (χ0) is 13.8. The number of Topliss-reactive ketones (excluding diaryl/α,β-unsaturated/α-hetero) is 1. The summed E-state index contributed by atoms with van der Waals surface area (Å²) in [7, 11) is 0. The van der Waals surface area contributed by atoms with E-state index in [1.165, 1.54) is 0 Å². The summed E-state index contributed by atoms with van der Waals surface area (Å²) in [5.41, 5.74) is 0.815. The molecule has 0 fully saturated rings. The molecule has 0 aliphatic rings. The van der Waals surface area contributed by atoms with Gasteiger partial charge in [-0.15, -0.1) is 0 Å². The van der Waals surface area contributed by atoms with E-state index in [0.717, 1.165) is 5.56 Å². The lowest BCUT2D eigenvalue weighted by atomic mass is 10.1. The maximum atomic E-state index is 11.7. The molecular weight excluding hydrogens is 264 g/mol. The molecule has 1 aromatic carbocycles. The zero-order valence-corrected chi connectivity index (χ0v) is 11.6. The highest BCUT2D eigenvalue weighted by molar-refractivity contribution is 6.30. The molecule has 4 nitrogen and oxygen atoms in total. The topological polar surface area (TPSA) is 56.0 Å². The summed E-state index contributed by atoms with van der Waals surface area (Å²) in [5, 5.41) is 4.52. The van der Waals surface area contributed by atoms with Crippen molar-refractivity contribution in [1.29, 1.82) is 0 Å². The van der Waals surface area contributed by atoms with Crippen molar-refractivity contribution < 1.29 is 9.32 Å². The normalized spacial score (nSPS) is 10.9. The van der Waals surface area contributed by atoms with E-state index in [-0.39, 0.29) is 12.2 Å². The fourth-order valence-electron chi connectivity index (χ4n) is 1.74. The summed E-state index contributed by atoms with van der Waals surface area (Å²) in [4.78, 5) is 15.9. The molecule has 0 unspecified atom stereocenters. The minimum atomic E-state index is 0.112. The summed E-state index contributed by atoms with van der Waals surface area (Å²) in [6.07, 6.45) is 0.720. The van der Waals surface area contributed by atoms with Crippen LogP contribution >= 0.6 is 11.6 Å². The van der Waals surface area contributed by atoms with Gasteiger partial charge in [0.05, 0.1) is 6.42 Å². The molecule has 0 amide bonds. The molecular formula is C14H15ClN2O2. The Balaban J connectivity index is 2.07. The second-order valence-corrected chi connectivity index (χ2v) is 5.27. The van der Waals surface area contributed by atoms with Crippen molar-refractivity contribution in [2.24, 2.45) is 5.92 Å². The molecule has 0 aliphatic heterocycles. The predicted molar refractivity (Wildman–Crippen MR) is 72.9 cm³/mol. The van der Waals surface area contributed by atoms with Crippen LogP contribution < -0.4 is 0 Å². The van der Waals surface area contributed by atoms with Crippen LogP contribution in [0.1, 0.15) is 26.2 Å².